The second-order valence-electron chi connectivity index (χ2n) is 6.45. The van der Waals surface area contributed by atoms with Gasteiger partial charge in [-0.15, -0.1) is 5.10 Å². The largest absolute Gasteiger partial charge is 0.492 e. The molecule has 2 N–H and O–H groups in total. The Kier molecular flexibility index (Phi) is 3.61. The Morgan fingerprint density at radius 2 is 2.39 bits per heavy atom. The van der Waals surface area contributed by atoms with E-state index < -0.39 is 0 Å². The van der Waals surface area contributed by atoms with E-state index >= 15 is 0 Å². The number of aryl methyl sites for hydroxylation is 1. The zero-order valence-corrected chi connectivity index (χ0v) is 14.1. The van der Waals surface area contributed by atoms with E-state index in [-0.39, 0.29) is 11.9 Å². The van der Waals surface area contributed by atoms with Gasteiger partial charge in [0.15, 0.2) is 11.8 Å². The lowest BCUT2D eigenvalue weighted by molar-refractivity contribution is -0.934. The van der Waals surface area contributed by atoms with Crippen LogP contribution < -0.4 is 4.90 Å². The predicted octanol–water partition coefficient (Wildman–Crippen LogP) is 1.80. The van der Waals surface area contributed by atoms with Gasteiger partial charge in [-0.25, -0.2) is 4.98 Å². The molecule has 6 nitrogen and oxygen atoms in total. The molecule has 23 heavy (non-hydrogen) atoms. The molecular weight excluding hydrogens is 312 g/mol. The van der Waals surface area contributed by atoms with Crippen molar-refractivity contribution in [3.05, 3.63) is 34.9 Å². The molecule has 1 aliphatic heterocycles. The molecule has 0 bridgehead atoms. The topological polar surface area (TPSA) is 68.0 Å². The van der Waals surface area contributed by atoms with E-state index in [0.29, 0.717) is 11.7 Å². The average Bonchev–Trinajstić information content (AvgIpc) is 3.21. The summed E-state index contributed by atoms with van der Waals surface area (Å²) in [6.45, 7) is 6.30. The summed E-state index contributed by atoms with van der Waals surface area (Å²) in [4.78, 5) is 7.45. The van der Waals surface area contributed by atoms with Crippen LogP contribution in [0.5, 0.6) is 5.88 Å². The van der Waals surface area contributed by atoms with Crippen LogP contribution in [0.2, 0.25) is 0 Å². The van der Waals surface area contributed by atoms with E-state index in [0.717, 1.165) is 28.7 Å². The fourth-order valence-corrected chi connectivity index (χ4v) is 4.77. The quantitative estimate of drug-likeness (QED) is 0.767. The van der Waals surface area contributed by atoms with Crippen molar-refractivity contribution < 1.29 is 14.4 Å². The van der Waals surface area contributed by atoms with Crippen molar-refractivity contribution in [1.82, 2.24) is 14.6 Å². The highest BCUT2D eigenvalue weighted by atomic mass is 32.1. The predicted molar refractivity (Wildman–Crippen MR) is 86.9 cm³/mol. The Labute approximate surface area is 138 Å². The molecule has 0 radical (unpaired) electrons. The van der Waals surface area contributed by atoms with E-state index in [1.165, 1.54) is 33.6 Å². The number of hydrogen-bond acceptors (Lipinski definition) is 5. The molecular formula is C16H21N4O2S+. The standard InChI is InChI=1S/C16H20N4O2S/c1-10-5-3-7-19(9-10)13(12-6-4-8-22-12)14-15(21)20-16(23-14)17-11(2)18-20/h4,6,8,10,13,21H,3,5,7,9H2,1-2H3/p+1/t10-,13+/m0/s1. The summed E-state index contributed by atoms with van der Waals surface area (Å²) in [6.07, 6.45) is 4.18. The van der Waals surface area contributed by atoms with E-state index in [4.69, 9.17) is 4.42 Å². The fraction of sp³-hybridized carbons (Fsp3) is 0.500. The third-order valence-electron chi connectivity index (χ3n) is 4.61. The number of aromatic hydroxyl groups is 1. The number of hydrogen-bond donors (Lipinski definition) is 2. The minimum Gasteiger partial charge on any atom is -0.492 e. The van der Waals surface area contributed by atoms with Gasteiger partial charge in [0, 0.05) is 5.92 Å². The van der Waals surface area contributed by atoms with Crippen LogP contribution in [-0.4, -0.2) is 32.8 Å². The summed E-state index contributed by atoms with van der Waals surface area (Å²) in [5, 5.41) is 15.0. The molecule has 3 atom stereocenters. The molecule has 4 rings (SSSR count). The summed E-state index contributed by atoms with van der Waals surface area (Å²) in [5.74, 6) is 2.44. The first-order valence-electron chi connectivity index (χ1n) is 8.06. The number of fused-ring (bicyclic) bond motifs is 1. The first kappa shape index (κ1) is 14.7. The van der Waals surface area contributed by atoms with E-state index in [9.17, 15) is 5.11 Å². The zero-order chi connectivity index (χ0) is 16.0. The summed E-state index contributed by atoms with van der Waals surface area (Å²) in [6, 6.07) is 3.91. The summed E-state index contributed by atoms with van der Waals surface area (Å²) >= 11 is 1.50. The Morgan fingerprint density at radius 1 is 1.52 bits per heavy atom. The maximum atomic E-state index is 10.7. The molecule has 4 heterocycles. The first-order valence-corrected chi connectivity index (χ1v) is 8.88. The zero-order valence-electron chi connectivity index (χ0n) is 13.3. The van der Waals surface area contributed by atoms with Gasteiger partial charge in [-0.2, -0.15) is 4.52 Å². The van der Waals surface area contributed by atoms with Crippen LogP contribution in [0.3, 0.4) is 0 Å². The second-order valence-corrected chi connectivity index (χ2v) is 7.46. The number of quaternary nitrogens is 1. The Bertz CT molecular complexity index is 808. The molecule has 0 saturated carbocycles. The number of thiazole rings is 1. The lowest BCUT2D eigenvalue weighted by Crippen LogP contribution is -3.13. The molecule has 3 aromatic rings. The molecule has 0 aromatic carbocycles. The number of aromatic nitrogens is 3. The summed E-state index contributed by atoms with van der Waals surface area (Å²) < 4.78 is 7.25. The van der Waals surface area contributed by atoms with Gasteiger partial charge < -0.3 is 14.4 Å². The van der Waals surface area contributed by atoms with Crippen molar-refractivity contribution in [1.29, 1.82) is 0 Å². The SMILES string of the molecule is Cc1nc2sc([C@@H](c3ccco3)[NH+]3CCC[C@H](C)C3)c(O)n2n1. The van der Waals surface area contributed by atoms with Crippen molar-refractivity contribution in [3.8, 4) is 5.88 Å². The third kappa shape index (κ3) is 2.53. The smallest absolute Gasteiger partial charge is 0.235 e. The Morgan fingerprint density at radius 3 is 3.09 bits per heavy atom. The van der Waals surface area contributed by atoms with Crippen molar-refractivity contribution >= 4 is 16.3 Å². The minimum absolute atomic E-state index is 0.00144. The summed E-state index contributed by atoms with van der Waals surface area (Å²) in [7, 11) is 0. The lowest BCUT2D eigenvalue weighted by Gasteiger charge is -2.32. The normalized spacial score (nSPS) is 23.4. The van der Waals surface area contributed by atoms with Crippen LogP contribution in [-0.2, 0) is 0 Å². The van der Waals surface area contributed by atoms with Crippen molar-refractivity contribution in [2.45, 2.75) is 32.7 Å². The second kappa shape index (κ2) is 5.65. The maximum absolute atomic E-state index is 10.7. The van der Waals surface area contributed by atoms with Gasteiger partial charge >= 0.3 is 0 Å². The molecule has 1 fully saturated rings. The number of nitrogens with one attached hydrogen (secondary N) is 1. The van der Waals surface area contributed by atoms with Gasteiger partial charge in [0.05, 0.1) is 19.4 Å². The van der Waals surface area contributed by atoms with Gasteiger partial charge in [-0.3, -0.25) is 0 Å². The maximum Gasteiger partial charge on any atom is 0.235 e. The van der Waals surface area contributed by atoms with Crippen LogP contribution in [0.4, 0.5) is 0 Å². The van der Waals surface area contributed by atoms with Crippen molar-refractivity contribution in [3.63, 3.8) is 0 Å². The van der Waals surface area contributed by atoms with E-state index in [2.05, 4.69) is 17.0 Å². The molecule has 1 aliphatic rings. The monoisotopic (exact) mass is 333 g/mol. The van der Waals surface area contributed by atoms with Crippen molar-refractivity contribution in [2.24, 2.45) is 5.92 Å². The average molecular weight is 333 g/mol. The number of nitrogens with zero attached hydrogens (tertiary/aromatic N) is 3. The van der Waals surface area contributed by atoms with E-state index in [1.54, 1.807) is 6.26 Å². The van der Waals surface area contributed by atoms with Gasteiger partial charge in [-0.05, 0) is 31.9 Å². The highest BCUT2D eigenvalue weighted by Gasteiger charge is 2.36. The molecule has 0 amide bonds. The first-order chi connectivity index (χ1) is 11.1. The van der Waals surface area contributed by atoms with Gasteiger partial charge in [0.2, 0.25) is 10.8 Å². The highest BCUT2D eigenvalue weighted by molar-refractivity contribution is 7.17. The molecule has 0 spiro atoms. The number of rotatable bonds is 3. The van der Waals surface area contributed by atoms with Crippen LogP contribution in [0.25, 0.3) is 4.96 Å². The van der Waals surface area contributed by atoms with E-state index in [1.807, 2.05) is 19.1 Å². The van der Waals surface area contributed by atoms with Crippen LogP contribution in [0.1, 0.15) is 42.3 Å². The lowest BCUT2D eigenvalue weighted by atomic mass is 9.97. The molecule has 7 heteroatoms. The molecule has 122 valence electrons. The minimum atomic E-state index is 0.00144. The number of likely N-dealkylation sites (tertiary alicyclic amines) is 1. The Hall–Kier alpha value is -1.86. The van der Waals surface area contributed by atoms with Crippen LogP contribution in [0, 0.1) is 12.8 Å². The number of piperidine rings is 1. The molecule has 0 aliphatic carbocycles. The van der Waals surface area contributed by atoms with Gasteiger partial charge in [0.25, 0.3) is 0 Å². The third-order valence-corrected chi connectivity index (χ3v) is 5.69. The van der Waals surface area contributed by atoms with Crippen LogP contribution in [0.15, 0.2) is 22.8 Å². The highest BCUT2D eigenvalue weighted by Crippen LogP contribution is 2.35. The molecule has 3 aromatic heterocycles. The van der Waals surface area contributed by atoms with Gasteiger partial charge in [-0.1, -0.05) is 18.3 Å². The summed E-state index contributed by atoms with van der Waals surface area (Å²) in [5.41, 5.74) is 0. The number of furan rings is 1. The fourth-order valence-electron chi connectivity index (χ4n) is 3.60. The van der Waals surface area contributed by atoms with Crippen molar-refractivity contribution in [2.75, 3.05) is 13.1 Å². The molecule has 1 saturated heterocycles. The van der Waals surface area contributed by atoms with Gasteiger partial charge in [0.1, 0.15) is 10.7 Å². The Balaban J connectivity index is 1.80. The van der Waals surface area contributed by atoms with Crippen LogP contribution >= 0.6 is 11.3 Å². The molecule has 1 unspecified atom stereocenters.